The van der Waals surface area contributed by atoms with Crippen LogP contribution in [0.3, 0.4) is 0 Å². The normalized spacial score (nSPS) is 10.8. The summed E-state index contributed by atoms with van der Waals surface area (Å²) in [4.78, 5) is 1.08. The average Bonchev–Trinajstić information content (AvgIpc) is 2.06. The largest absolute Gasteiger partial charge is 0.399 e. The molecule has 0 aliphatic heterocycles. The number of nitrogens with two attached hydrogens (primary N) is 1. The summed E-state index contributed by atoms with van der Waals surface area (Å²) in [6.45, 7) is 4.38. The lowest BCUT2D eigenvalue weighted by atomic mass is 10.3. The molecule has 1 nitrogen and oxygen atoms in total. The van der Waals surface area contributed by atoms with Crippen LogP contribution in [0.5, 0.6) is 0 Å². The van der Waals surface area contributed by atoms with Gasteiger partial charge in [0.05, 0.1) is 5.02 Å². The van der Waals surface area contributed by atoms with E-state index >= 15 is 0 Å². The van der Waals surface area contributed by atoms with Gasteiger partial charge in [-0.25, -0.2) is 0 Å². The summed E-state index contributed by atoms with van der Waals surface area (Å²) in [5, 5.41) is 0.792. The summed E-state index contributed by atoms with van der Waals surface area (Å²) in [7, 11) is 0. The lowest BCUT2D eigenvalue weighted by Gasteiger charge is -2.06. The van der Waals surface area contributed by atoms with Gasteiger partial charge in [-0.3, -0.25) is 0 Å². The van der Waals surface area contributed by atoms with Gasteiger partial charge < -0.3 is 5.73 Å². The Labute approximate surface area is 88.7 Å². The summed E-state index contributed by atoms with van der Waals surface area (Å²) in [5.41, 5.74) is 6.44. The molecule has 0 amide bonds. The lowest BCUT2D eigenvalue weighted by Crippen LogP contribution is -1.91. The van der Waals surface area contributed by atoms with E-state index in [0.29, 0.717) is 5.92 Å². The zero-order valence-corrected chi connectivity index (χ0v) is 9.45. The third-order valence-corrected chi connectivity index (χ3v) is 3.45. The third-order valence-electron chi connectivity index (χ3n) is 1.53. The first-order chi connectivity index (χ1) is 6.09. The van der Waals surface area contributed by atoms with Crippen molar-refractivity contribution in [3.8, 4) is 0 Å². The first kappa shape index (κ1) is 10.7. The van der Waals surface area contributed by atoms with Crippen molar-refractivity contribution in [2.24, 2.45) is 5.92 Å². The molecule has 0 atom stereocenters. The SMILES string of the molecule is CC(C)CSc1cc(N)ccc1Cl. The van der Waals surface area contributed by atoms with Crippen molar-refractivity contribution in [1.82, 2.24) is 0 Å². The molecule has 0 aliphatic rings. The van der Waals surface area contributed by atoms with Crippen LogP contribution in [-0.4, -0.2) is 5.75 Å². The second kappa shape index (κ2) is 4.77. The van der Waals surface area contributed by atoms with E-state index in [1.807, 2.05) is 18.2 Å². The van der Waals surface area contributed by atoms with Crippen LogP contribution < -0.4 is 5.73 Å². The second-order valence-corrected chi connectivity index (χ2v) is 4.86. The number of anilines is 1. The second-order valence-electron chi connectivity index (χ2n) is 3.39. The zero-order valence-electron chi connectivity index (χ0n) is 7.88. The predicted molar refractivity (Wildman–Crippen MR) is 61.4 cm³/mol. The Balaban J connectivity index is 2.70. The van der Waals surface area contributed by atoms with Crippen LogP contribution in [0.1, 0.15) is 13.8 Å². The average molecular weight is 216 g/mol. The van der Waals surface area contributed by atoms with E-state index in [4.69, 9.17) is 17.3 Å². The van der Waals surface area contributed by atoms with Crippen LogP contribution in [0.15, 0.2) is 23.1 Å². The first-order valence-corrected chi connectivity index (χ1v) is 5.64. The van der Waals surface area contributed by atoms with Crippen molar-refractivity contribution in [3.63, 3.8) is 0 Å². The molecule has 1 aromatic carbocycles. The molecule has 0 heterocycles. The fourth-order valence-corrected chi connectivity index (χ4v) is 2.11. The Morgan fingerprint density at radius 3 is 2.77 bits per heavy atom. The Hall–Kier alpha value is -0.340. The zero-order chi connectivity index (χ0) is 9.84. The fourth-order valence-electron chi connectivity index (χ4n) is 0.887. The van der Waals surface area contributed by atoms with Crippen LogP contribution in [0.2, 0.25) is 5.02 Å². The predicted octanol–water partition coefficient (Wildman–Crippen LogP) is 3.67. The molecule has 1 aromatic rings. The molecular weight excluding hydrogens is 202 g/mol. The highest BCUT2D eigenvalue weighted by atomic mass is 35.5. The first-order valence-electron chi connectivity index (χ1n) is 4.27. The molecule has 3 heteroatoms. The van der Waals surface area contributed by atoms with Crippen LogP contribution in [0.25, 0.3) is 0 Å². The van der Waals surface area contributed by atoms with Crippen molar-refractivity contribution < 1.29 is 0 Å². The molecule has 72 valence electrons. The number of halogens is 1. The van der Waals surface area contributed by atoms with Gasteiger partial charge in [0, 0.05) is 16.3 Å². The Morgan fingerprint density at radius 1 is 1.46 bits per heavy atom. The monoisotopic (exact) mass is 215 g/mol. The van der Waals surface area contributed by atoms with E-state index < -0.39 is 0 Å². The minimum Gasteiger partial charge on any atom is -0.399 e. The minimum atomic E-state index is 0.669. The molecule has 0 saturated carbocycles. The summed E-state index contributed by atoms with van der Waals surface area (Å²) >= 11 is 7.76. The van der Waals surface area contributed by atoms with Crippen LogP contribution in [0.4, 0.5) is 5.69 Å². The molecule has 13 heavy (non-hydrogen) atoms. The molecule has 0 fully saturated rings. The van der Waals surface area contributed by atoms with Gasteiger partial charge in [-0.2, -0.15) is 0 Å². The van der Waals surface area contributed by atoms with Gasteiger partial charge in [0.2, 0.25) is 0 Å². The van der Waals surface area contributed by atoms with Crippen molar-refractivity contribution in [1.29, 1.82) is 0 Å². The standard InChI is InChI=1S/C10H14ClNS/c1-7(2)6-13-10-5-8(12)3-4-9(10)11/h3-5,7H,6,12H2,1-2H3. The van der Waals surface area contributed by atoms with E-state index in [1.54, 1.807) is 11.8 Å². The number of nitrogen functional groups attached to an aromatic ring is 1. The quantitative estimate of drug-likeness (QED) is 0.615. The third kappa shape index (κ3) is 3.49. The Morgan fingerprint density at radius 2 is 2.15 bits per heavy atom. The van der Waals surface area contributed by atoms with Gasteiger partial charge >= 0.3 is 0 Å². The number of hydrogen-bond acceptors (Lipinski definition) is 2. The van der Waals surface area contributed by atoms with Gasteiger partial charge in [0.15, 0.2) is 0 Å². The maximum absolute atomic E-state index is 6.00. The van der Waals surface area contributed by atoms with E-state index in [2.05, 4.69) is 13.8 Å². The highest BCUT2D eigenvalue weighted by Crippen LogP contribution is 2.30. The summed E-state index contributed by atoms with van der Waals surface area (Å²) in [6, 6.07) is 5.59. The lowest BCUT2D eigenvalue weighted by molar-refractivity contribution is 0.750. The fraction of sp³-hybridized carbons (Fsp3) is 0.400. The highest BCUT2D eigenvalue weighted by molar-refractivity contribution is 7.99. The van der Waals surface area contributed by atoms with Gasteiger partial charge in [-0.05, 0) is 24.1 Å². The van der Waals surface area contributed by atoms with Crippen LogP contribution in [-0.2, 0) is 0 Å². The van der Waals surface area contributed by atoms with E-state index in [-0.39, 0.29) is 0 Å². The molecule has 0 aromatic heterocycles. The molecular formula is C10H14ClNS. The van der Waals surface area contributed by atoms with Crippen molar-refractivity contribution in [3.05, 3.63) is 23.2 Å². The molecule has 0 spiro atoms. The maximum atomic E-state index is 6.00. The van der Waals surface area contributed by atoms with Crippen LogP contribution in [0, 0.1) is 5.92 Å². The Bertz CT molecular complexity index is 286. The highest BCUT2D eigenvalue weighted by Gasteiger charge is 2.02. The van der Waals surface area contributed by atoms with Crippen molar-refractivity contribution in [2.75, 3.05) is 11.5 Å². The van der Waals surface area contributed by atoms with E-state index in [0.717, 1.165) is 21.4 Å². The number of hydrogen-bond donors (Lipinski definition) is 1. The number of thioether (sulfide) groups is 1. The van der Waals surface area contributed by atoms with Gasteiger partial charge in [-0.15, -0.1) is 11.8 Å². The van der Waals surface area contributed by atoms with Gasteiger partial charge in [0.1, 0.15) is 0 Å². The molecule has 1 rings (SSSR count). The summed E-state index contributed by atoms with van der Waals surface area (Å²) in [6.07, 6.45) is 0. The summed E-state index contributed by atoms with van der Waals surface area (Å²) in [5.74, 6) is 1.74. The Kier molecular flexibility index (Phi) is 3.94. The van der Waals surface area contributed by atoms with E-state index in [1.165, 1.54) is 0 Å². The smallest absolute Gasteiger partial charge is 0.0543 e. The molecule has 0 aliphatic carbocycles. The van der Waals surface area contributed by atoms with Gasteiger partial charge in [0.25, 0.3) is 0 Å². The number of rotatable bonds is 3. The molecule has 0 radical (unpaired) electrons. The number of benzene rings is 1. The minimum absolute atomic E-state index is 0.669. The maximum Gasteiger partial charge on any atom is 0.0543 e. The molecule has 0 unspecified atom stereocenters. The van der Waals surface area contributed by atoms with E-state index in [9.17, 15) is 0 Å². The molecule has 0 bridgehead atoms. The van der Waals surface area contributed by atoms with Crippen LogP contribution >= 0.6 is 23.4 Å². The van der Waals surface area contributed by atoms with Crippen molar-refractivity contribution in [2.45, 2.75) is 18.7 Å². The molecule has 0 saturated heterocycles. The van der Waals surface area contributed by atoms with Gasteiger partial charge in [-0.1, -0.05) is 25.4 Å². The summed E-state index contributed by atoms with van der Waals surface area (Å²) < 4.78 is 0. The van der Waals surface area contributed by atoms with Crippen molar-refractivity contribution >= 4 is 29.1 Å². The molecule has 2 N–H and O–H groups in total. The topological polar surface area (TPSA) is 26.0 Å².